The number of aromatic nitrogens is 4. The Morgan fingerprint density at radius 3 is 2.70 bits per heavy atom. The zero-order valence-corrected chi connectivity index (χ0v) is 24.4. The number of nitrogens with one attached hydrogen (secondary N) is 1. The van der Waals surface area contributed by atoms with Gasteiger partial charge in [-0.2, -0.15) is 4.98 Å². The summed E-state index contributed by atoms with van der Waals surface area (Å²) in [6.45, 7) is 4.94. The van der Waals surface area contributed by atoms with Crippen molar-refractivity contribution < 1.29 is 13.9 Å². The number of allylic oxidation sites excluding steroid dienone is 2. The van der Waals surface area contributed by atoms with Crippen LogP contribution in [0.1, 0.15) is 12.8 Å². The highest BCUT2D eigenvalue weighted by Gasteiger charge is 2.27. The summed E-state index contributed by atoms with van der Waals surface area (Å²) in [6, 6.07) is 11.6. The van der Waals surface area contributed by atoms with Crippen molar-refractivity contribution in [2.75, 3.05) is 61.5 Å². The van der Waals surface area contributed by atoms with Crippen molar-refractivity contribution in [3.63, 3.8) is 0 Å². The van der Waals surface area contributed by atoms with E-state index in [1.54, 1.807) is 20.5 Å². The molecule has 0 spiro atoms. The van der Waals surface area contributed by atoms with Crippen LogP contribution in [0.2, 0.25) is 0 Å². The van der Waals surface area contributed by atoms with Gasteiger partial charge in [-0.15, -0.1) is 0 Å². The summed E-state index contributed by atoms with van der Waals surface area (Å²) in [6.07, 6.45) is 9.03. The monoisotopic (exact) mass is 592 g/mol. The average molecular weight is 593 g/mol. The molecule has 2 aromatic carbocycles. The molecular formula is C32H32N8O4. The molecule has 12 nitrogen and oxygen atoms in total. The predicted octanol–water partition coefficient (Wildman–Crippen LogP) is 3.90. The number of furan rings is 1. The lowest BCUT2D eigenvalue weighted by atomic mass is 10.1. The number of benzene rings is 2. The Kier molecular flexibility index (Phi) is 6.37. The highest BCUT2D eigenvalue weighted by atomic mass is 16.5. The molecule has 12 heteroatoms. The second kappa shape index (κ2) is 10.6. The molecule has 44 heavy (non-hydrogen) atoms. The Hall–Kier alpha value is -5.10. The van der Waals surface area contributed by atoms with Gasteiger partial charge in [0.2, 0.25) is 5.95 Å². The van der Waals surface area contributed by atoms with Crippen LogP contribution in [-0.4, -0.2) is 76.5 Å². The average Bonchev–Trinajstić information content (AvgIpc) is 3.57. The molecule has 3 aliphatic heterocycles. The van der Waals surface area contributed by atoms with Crippen LogP contribution in [0, 0.1) is 0 Å². The number of ether oxygens (including phenoxy) is 1. The van der Waals surface area contributed by atoms with Gasteiger partial charge in [0.25, 0.3) is 11.5 Å². The summed E-state index contributed by atoms with van der Waals surface area (Å²) in [4.78, 5) is 42.2. The minimum absolute atomic E-state index is 0.0164. The number of likely N-dealkylation sites (N-methyl/N-ethyl adjacent to an activating group) is 1. The van der Waals surface area contributed by atoms with Crippen LogP contribution in [0.3, 0.4) is 0 Å². The quantitative estimate of drug-likeness (QED) is 0.312. The van der Waals surface area contributed by atoms with E-state index in [0.717, 1.165) is 61.4 Å². The Bertz CT molecular complexity index is 2000. The van der Waals surface area contributed by atoms with E-state index in [-0.39, 0.29) is 18.1 Å². The third-order valence-corrected chi connectivity index (χ3v) is 8.66. The van der Waals surface area contributed by atoms with E-state index >= 15 is 0 Å². The van der Waals surface area contributed by atoms with E-state index in [9.17, 15) is 9.59 Å². The molecule has 3 aromatic heterocycles. The SMILES string of the molecule is CN1CCN(c2coc3cc(Nc4ncc5c(=O)n6n(c5n4)-c4ccc5c(c4)N(CCC/C=C\C6)C(=O)CO5)ccc23)CC1. The summed E-state index contributed by atoms with van der Waals surface area (Å²) in [5.41, 5.74) is 4.32. The number of nitrogens with zero attached hydrogens (tertiary/aromatic N) is 7. The Balaban J connectivity index is 1.18. The third-order valence-electron chi connectivity index (χ3n) is 8.66. The maximum atomic E-state index is 13.6. The van der Waals surface area contributed by atoms with Gasteiger partial charge in [0.1, 0.15) is 23.0 Å². The van der Waals surface area contributed by atoms with Crippen LogP contribution >= 0.6 is 0 Å². The largest absolute Gasteiger partial charge is 0.482 e. The lowest BCUT2D eigenvalue weighted by Gasteiger charge is -2.33. The Morgan fingerprint density at radius 1 is 0.932 bits per heavy atom. The van der Waals surface area contributed by atoms with Crippen molar-refractivity contribution in [2.24, 2.45) is 0 Å². The predicted molar refractivity (Wildman–Crippen MR) is 169 cm³/mol. The van der Waals surface area contributed by atoms with Crippen LogP contribution in [0.25, 0.3) is 27.7 Å². The molecule has 3 aliphatic rings. The first-order valence-corrected chi connectivity index (χ1v) is 15.0. The van der Waals surface area contributed by atoms with Crippen LogP contribution < -0.4 is 25.4 Å². The Morgan fingerprint density at radius 2 is 1.82 bits per heavy atom. The van der Waals surface area contributed by atoms with E-state index in [1.165, 1.54) is 0 Å². The van der Waals surface area contributed by atoms with Crippen molar-refractivity contribution in [3.05, 3.63) is 71.4 Å². The van der Waals surface area contributed by atoms with Crippen LogP contribution in [0.5, 0.6) is 5.75 Å². The van der Waals surface area contributed by atoms with Crippen LogP contribution in [-0.2, 0) is 11.3 Å². The maximum Gasteiger partial charge on any atom is 0.278 e. The molecule has 224 valence electrons. The summed E-state index contributed by atoms with van der Waals surface area (Å²) in [7, 11) is 2.14. The van der Waals surface area contributed by atoms with Crippen molar-refractivity contribution in [1.29, 1.82) is 0 Å². The van der Waals surface area contributed by atoms with Crippen molar-refractivity contribution >= 4 is 50.9 Å². The molecule has 0 radical (unpaired) electrons. The van der Waals surface area contributed by atoms with Gasteiger partial charge in [-0.1, -0.05) is 12.2 Å². The smallest absolute Gasteiger partial charge is 0.278 e. The van der Waals surface area contributed by atoms with Gasteiger partial charge in [0, 0.05) is 56.1 Å². The van der Waals surface area contributed by atoms with E-state index in [4.69, 9.17) is 14.1 Å². The number of carbonyl (C=O) groups excluding carboxylic acids is 1. The molecule has 0 atom stereocenters. The van der Waals surface area contributed by atoms with E-state index in [1.807, 2.05) is 42.7 Å². The number of anilines is 4. The number of piperazine rings is 1. The minimum atomic E-state index is -0.191. The summed E-state index contributed by atoms with van der Waals surface area (Å²) >= 11 is 0. The van der Waals surface area contributed by atoms with E-state index in [2.05, 4.69) is 39.3 Å². The van der Waals surface area contributed by atoms with E-state index in [0.29, 0.717) is 47.2 Å². The number of amides is 1. The summed E-state index contributed by atoms with van der Waals surface area (Å²) in [5, 5.41) is 4.76. The molecule has 5 aromatic rings. The standard InChI is InChI=1S/C32H32N8O4/c1-36-12-14-37(15-13-36)26-19-43-28-16-21(6-8-23(26)28)34-32-33-18-24-30(35-32)40-22-7-9-27-25(17-22)38(29(41)20-44-27)10-4-2-3-5-11-39(40)31(24)42/h3,5-9,16-19H,2,4,10-15,20H2,1H3,(H,33,34,35)/b5-3-. The molecule has 1 fully saturated rings. The number of rotatable bonds is 3. The third kappa shape index (κ3) is 4.49. The fourth-order valence-electron chi connectivity index (χ4n) is 6.26. The first-order chi connectivity index (χ1) is 21.5. The first-order valence-electron chi connectivity index (χ1n) is 15.0. The van der Waals surface area contributed by atoms with Crippen molar-refractivity contribution in [3.8, 4) is 11.4 Å². The summed E-state index contributed by atoms with van der Waals surface area (Å²) in [5.74, 6) is 0.916. The zero-order chi connectivity index (χ0) is 29.8. The lowest BCUT2D eigenvalue weighted by Crippen LogP contribution is -2.44. The normalized spacial score (nSPS) is 18.1. The van der Waals surface area contributed by atoms with Gasteiger partial charge in [-0.05, 0) is 50.2 Å². The maximum absolute atomic E-state index is 13.6. The van der Waals surface area contributed by atoms with Gasteiger partial charge < -0.3 is 29.2 Å². The van der Waals surface area contributed by atoms with Crippen molar-refractivity contribution in [1.82, 2.24) is 24.2 Å². The second-order valence-corrected chi connectivity index (χ2v) is 11.5. The molecule has 2 bridgehead atoms. The minimum Gasteiger partial charge on any atom is -0.482 e. The van der Waals surface area contributed by atoms with Gasteiger partial charge in [-0.3, -0.25) is 9.59 Å². The number of fused-ring (bicyclic) bond motifs is 6. The topological polar surface area (TPSA) is 114 Å². The van der Waals surface area contributed by atoms with Gasteiger partial charge >= 0.3 is 0 Å². The molecule has 6 heterocycles. The van der Waals surface area contributed by atoms with Crippen LogP contribution in [0.15, 0.2) is 70.2 Å². The highest BCUT2D eigenvalue weighted by molar-refractivity contribution is 5.98. The molecule has 1 saturated heterocycles. The number of carbonyl (C=O) groups is 1. The molecule has 8 rings (SSSR count). The molecule has 0 aliphatic carbocycles. The summed E-state index contributed by atoms with van der Waals surface area (Å²) < 4.78 is 15.1. The van der Waals surface area contributed by atoms with Crippen LogP contribution in [0.4, 0.5) is 23.0 Å². The second-order valence-electron chi connectivity index (χ2n) is 11.5. The highest BCUT2D eigenvalue weighted by Crippen LogP contribution is 2.36. The fraction of sp³-hybridized carbons (Fsp3) is 0.312. The lowest BCUT2D eigenvalue weighted by molar-refractivity contribution is -0.121. The fourth-order valence-corrected chi connectivity index (χ4v) is 6.26. The van der Waals surface area contributed by atoms with Gasteiger partial charge in [-0.25, -0.2) is 14.3 Å². The number of hydrogen-bond acceptors (Lipinski definition) is 9. The molecule has 0 saturated carbocycles. The van der Waals surface area contributed by atoms with Gasteiger partial charge in [0.05, 0.1) is 23.6 Å². The molecule has 1 amide bonds. The molecule has 1 N–H and O–H groups in total. The number of hydrogen-bond donors (Lipinski definition) is 1. The Labute approximate surface area is 252 Å². The van der Waals surface area contributed by atoms with Crippen molar-refractivity contribution in [2.45, 2.75) is 19.4 Å². The molecule has 0 unspecified atom stereocenters. The van der Waals surface area contributed by atoms with Gasteiger partial charge in [0.15, 0.2) is 12.3 Å². The van der Waals surface area contributed by atoms with E-state index < -0.39 is 0 Å². The zero-order valence-electron chi connectivity index (χ0n) is 24.4. The first kappa shape index (κ1) is 26.5. The molecular weight excluding hydrogens is 560 g/mol.